The van der Waals surface area contributed by atoms with Crippen LogP contribution in [0, 0.1) is 6.92 Å². The summed E-state index contributed by atoms with van der Waals surface area (Å²) in [4.78, 5) is 11.8. The summed E-state index contributed by atoms with van der Waals surface area (Å²) in [6.07, 6.45) is 0.764. The van der Waals surface area contributed by atoms with E-state index in [2.05, 4.69) is 6.07 Å². The van der Waals surface area contributed by atoms with Crippen LogP contribution in [-0.4, -0.2) is 18.6 Å². The minimum absolute atomic E-state index is 0.143. The molecule has 1 aromatic carbocycles. The van der Waals surface area contributed by atoms with Gasteiger partial charge in [0.05, 0.1) is 12.5 Å². The summed E-state index contributed by atoms with van der Waals surface area (Å²) in [6.45, 7) is 4.27. The van der Waals surface area contributed by atoms with Crippen molar-refractivity contribution in [2.24, 2.45) is 5.73 Å². The molecule has 0 aromatic heterocycles. The molecule has 1 aliphatic rings. The second kappa shape index (κ2) is 4.26. The molecule has 1 aliphatic carbocycles. The monoisotopic (exact) mass is 219 g/mol. The first-order chi connectivity index (χ1) is 7.63. The number of aryl methyl sites for hydroxylation is 1. The Morgan fingerprint density at radius 3 is 3.00 bits per heavy atom. The van der Waals surface area contributed by atoms with Crippen LogP contribution in [0.5, 0.6) is 0 Å². The van der Waals surface area contributed by atoms with Crippen molar-refractivity contribution in [3.8, 4) is 0 Å². The predicted octanol–water partition coefficient (Wildman–Crippen LogP) is 1.53. The maximum Gasteiger partial charge on any atom is 0.315 e. The highest BCUT2D eigenvalue weighted by atomic mass is 16.5. The van der Waals surface area contributed by atoms with E-state index in [1.165, 1.54) is 11.1 Å². The summed E-state index contributed by atoms with van der Waals surface area (Å²) in [6, 6.07) is 5.98. The van der Waals surface area contributed by atoms with Gasteiger partial charge in [0.1, 0.15) is 0 Å². The van der Waals surface area contributed by atoms with Gasteiger partial charge in [-0.25, -0.2) is 0 Å². The number of fused-ring (bicyclic) bond motifs is 1. The number of rotatable bonds is 2. The molecule has 2 N–H and O–H groups in total. The SMILES string of the molecule is CCOC(=O)C1c2ccc(C)cc2CC1N. The van der Waals surface area contributed by atoms with Crippen LogP contribution >= 0.6 is 0 Å². The number of carbonyl (C=O) groups excluding carboxylic acids is 1. The van der Waals surface area contributed by atoms with E-state index in [0.29, 0.717) is 6.61 Å². The fourth-order valence-electron chi connectivity index (χ4n) is 2.35. The Hall–Kier alpha value is -1.35. The molecule has 16 heavy (non-hydrogen) atoms. The molecular formula is C13H17NO2. The molecule has 0 bridgehead atoms. The Labute approximate surface area is 95.6 Å². The van der Waals surface area contributed by atoms with E-state index >= 15 is 0 Å². The molecule has 0 radical (unpaired) electrons. The third-order valence-electron chi connectivity index (χ3n) is 3.06. The van der Waals surface area contributed by atoms with Crippen LogP contribution in [-0.2, 0) is 16.0 Å². The lowest BCUT2D eigenvalue weighted by atomic mass is 9.98. The fourth-order valence-corrected chi connectivity index (χ4v) is 2.35. The molecule has 2 rings (SSSR count). The number of carbonyl (C=O) groups is 1. The molecule has 0 aliphatic heterocycles. The van der Waals surface area contributed by atoms with Crippen molar-refractivity contribution in [2.75, 3.05) is 6.61 Å². The van der Waals surface area contributed by atoms with Gasteiger partial charge in [-0.05, 0) is 31.4 Å². The third kappa shape index (κ3) is 1.83. The molecule has 3 heteroatoms. The first-order valence-electron chi connectivity index (χ1n) is 5.65. The average Bonchev–Trinajstić information content (AvgIpc) is 2.53. The molecule has 0 heterocycles. The quantitative estimate of drug-likeness (QED) is 0.767. The molecule has 0 fully saturated rings. The highest BCUT2D eigenvalue weighted by Gasteiger charge is 2.36. The van der Waals surface area contributed by atoms with E-state index in [9.17, 15) is 4.79 Å². The van der Waals surface area contributed by atoms with Crippen molar-refractivity contribution in [1.82, 2.24) is 0 Å². The van der Waals surface area contributed by atoms with Crippen molar-refractivity contribution >= 4 is 5.97 Å². The van der Waals surface area contributed by atoms with Gasteiger partial charge in [0.25, 0.3) is 0 Å². The summed E-state index contributed by atoms with van der Waals surface area (Å²) in [5, 5.41) is 0. The zero-order chi connectivity index (χ0) is 11.7. The van der Waals surface area contributed by atoms with E-state index in [1.807, 2.05) is 26.0 Å². The Morgan fingerprint density at radius 2 is 2.31 bits per heavy atom. The number of nitrogens with two attached hydrogens (primary N) is 1. The molecule has 3 nitrogen and oxygen atoms in total. The normalized spacial score (nSPS) is 22.9. The molecule has 86 valence electrons. The maximum absolute atomic E-state index is 11.8. The van der Waals surface area contributed by atoms with E-state index in [0.717, 1.165) is 12.0 Å². The smallest absolute Gasteiger partial charge is 0.315 e. The average molecular weight is 219 g/mol. The molecule has 0 saturated heterocycles. The number of hydrogen-bond donors (Lipinski definition) is 1. The Kier molecular flexibility index (Phi) is 2.97. The fraction of sp³-hybridized carbons (Fsp3) is 0.462. The van der Waals surface area contributed by atoms with Gasteiger partial charge in [-0.15, -0.1) is 0 Å². The summed E-state index contributed by atoms with van der Waals surface area (Å²) in [7, 11) is 0. The highest BCUT2D eigenvalue weighted by Crippen LogP contribution is 2.33. The van der Waals surface area contributed by atoms with Crippen LogP contribution in [0.4, 0.5) is 0 Å². The lowest BCUT2D eigenvalue weighted by Crippen LogP contribution is -2.31. The van der Waals surface area contributed by atoms with Crippen LogP contribution in [0.1, 0.15) is 29.5 Å². The molecule has 2 unspecified atom stereocenters. The Bertz CT molecular complexity index is 414. The third-order valence-corrected chi connectivity index (χ3v) is 3.06. The highest BCUT2D eigenvalue weighted by molar-refractivity contribution is 5.81. The van der Waals surface area contributed by atoms with E-state index < -0.39 is 0 Å². The van der Waals surface area contributed by atoms with Crippen molar-refractivity contribution in [3.05, 3.63) is 34.9 Å². The maximum atomic E-state index is 11.8. The van der Waals surface area contributed by atoms with Crippen LogP contribution in [0.3, 0.4) is 0 Å². The van der Waals surface area contributed by atoms with E-state index in [1.54, 1.807) is 0 Å². The van der Waals surface area contributed by atoms with Gasteiger partial charge in [-0.1, -0.05) is 23.8 Å². The molecule has 0 spiro atoms. The van der Waals surface area contributed by atoms with Crippen molar-refractivity contribution in [2.45, 2.75) is 32.2 Å². The number of esters is 1. The number of benzene rings is 1. The van der Waals surface area contributed by atoms with Crippen molar-refractivity contribution < 1.29 is 9.53 Å². The zero-order valence-corrected chi connectivity index (χ0v) is 9.69. The largest absolute Gasteiger partial charge is 0.465 e. The number of ether oxygens (including phenoxy) is 1. The van der Waals surface area contributed by atoms with Gasteiger partial charge in [0.15, 0.2) is 0 Å². The summed E-state index contributed by atoms with van der Waals surface area (Å²) in [5.41, 5.74) is 9.44. The summed E-state index contributed by atoms with van der Waals surface area (Å²) >= 11 is 0. The minimum atomic E-state index is -0.282. The van der Waals surface area contributed by atoms with Crippen molar-refractivity contribution in [3.63, 3.8) is 0 Å². The second-order valence-electron chi connectivity index (χ2n) is 4.30. The van der Waals surface area contributed by atoms with Crippen LogP contribution < -0.4 is 5.73 Å². The van der Waals surface area contributed by atoms with Crippen molar-refractivity contribution in [1.29, 1.82) is 0 Å². The molecule has 0 saturated carbocycles. The summed E-state index contributed by atoms with van der Waals surface area (Å²) in [5.74, 6) is -0.479. The second-order valence-corrected chi connectivity index (χ2v) is 4.30. The molecular weight excluding hydrogens is 202 g/mol. The predicted molar refractivity (Wildman–Crippen MR) is 62.2 cm³/mol. The minimum Gasteiger partial charge on any atom is -0.465 e. The molecule has 2 atom stereocenters. The van der Waals surface area contributed by atoms with Gasteiger partial charge in [0, 0.05) is 6.04 Å². The van der Waals surface area contributed by atoms with Crippen LogP contribution in [0.25, 0.3) is 0 Å². The van der Waals surface area contributed by atoms with Gasteiger partial charge >= 0.3 is 5.97 Å². The zero-order valence-electron chi connectivity index (χ0n) is 9.69. The van der Waals surface area contributed by atoms with Gasteiger partial charge in [-0.2, -0.15) is 0 Å². The summed E-state index contributed by atoms with van der Waals surface area (Å²) < 4.78 is 5.06. The Morgan fingerprint density at radius 1 is 1.56 bits per heavy atom. The van der Waals surface area contributed by atoms with Crippen LogP contribution in [0.15, 0.2) is 18.2 Å². The first-order valence-corrected chi connectivity index (χ1v) is 5.65. The number of hydrogen-bond acceptors (Lipinski definition) is 3. The topological polar surface area (TPSA) is 52.3 Å². The van der Waals surface area contributed by atoms with Gasteiger partial charge in [-0.3, -0.25) is 4.79 Å². The Balaban J connectivity index is 2.32. The van der Waals surface area contributed by atoms with Crippen LogP contribution in [0.2, 0.25) is 0 Å². The lowest BCUT2D eigenvalue weighted by molar-refractivity contribution is -0.145. The lowest BCUT2D eigenvalue weighted by Gasteiger charge is -2.14. The van der Waals surface area contributed by atoms with E-state index in [4.69, 9.17) is 10.5 Å². The molecule has 0 amide bonds. The first kappa shape index (κ1) is 11.1. The van der Waals surface area contributed by atoms with Gasteiger partial charge in [0.2, 0.25) is 0 Å². The van der Waals surface area contributed by atoms with Gasteiger partial charge < -0.3 is 10.5 Å². The standard InChI is InChI=1S/C13H17NO2/c1-3-16-13(15)12-10-5-4-8(2)6-9(10)7-11(12)14/h4-6,11-12H,3,7,14H2,1-2H3. The van der Waals surface area contributed by atoms with E-state index in [-0.39, 0.29) is 17.9 Å². The molecule has 1 aromatic rings.